The van der Waals surface area contributed by atoms with Gasteiger partial charge in [-0.2, -0.15) is 0 Å². The molecule has 15 heavy (non-hydrogen) atoms. The van der Waals surface area contributed by atoms with Crippen LogP contribution >= 0.6 is 0 Å². The Labute approximate surface area is 94.7 Å². The van der Waals surface area contributed by atoms with E-state index in [0.29, 0.717) is 4.90 Å². The zero-order chi connectivity index (χ0) is 11.7. The van der Waals surface area contributed by atoms with E-state index in [2.05, 4.69) is 5.32 Å². The standard InChI is InChI=1S/C9H14N2OS.C2H6/c1-11-7-6-8-2-4-9(5-3-8)13(10)12;1-2/h2-5,11H,6-7,10H2,1H3;1-2H3. The van der Waals surface area contributed by atoms with Crippen LogP contribution in [0.4, 0.5) is 0 Å². The summed E-state index contributed by atoms with van der Waals surface area (Å²) in [6, 6.07) is 7.52. The molecule has 0 aliphatic heterocycles. The molecular weight excluding hydrogens is 208 g/mol. The van der Waals surface area contributed by atoms with Crippen LogP contribution in [0.15, 0.2) is 29.2 Å². The molecule has 0 fully saturated rings. The van der Waals surface area contributed by atoms with Gasteiger partial charge in [0.15, 0.2) is 0 Å². The normalized spacial score (nSPS) is 11.5. The van der Waals surface area contributed by atoms with Gasteiger partial charge < -0.3 is 5.32 Å². The van der Waals surface area contributed by atoms with E-state index in [-0.39, 0.29) is 0 Å². The molecule has 0 saturated heterocycles. The Morgan fingerprint density at radius 2 is 1.80 bits per heavy atom. The SMILES string of the molecule is CC.CNCCc1ccc(S(N)=O)cc1. The zero-order valence-electron chi connectivity index (χ0n) is 9.62. The van der Waals surface area contributed by atoms with E-state index in [1.165, 1.54) is 5.56 Å². The summed E-state index contributed by atoms with van der Waals surface area (Å²) in [5, 5.41) is 8.29. The third-order valence-corrected chi connectivity index (χ3v) is 2.56. The average Bonchev–Trinajstić information content (AvgIpc) is 2.29. The first-order valence-corrected chi connectivity index (χ1v) is 6.35. The number of rotatable bonds is 4. The minimum Gasteiger partial charge on any atom is -0.319 e. The van der Waals surface area contributed by atoms with Crippen LogP contribution in [0.5, 0.6) is 0 Å². The van der Waals surface area contributed by atoms with Crippen molar-refractivity contribution < 1.29 is 4.21 Å². The lowest BCUT2D eigenvalue weighted by molar-refractivity contribution is 0.684. The quantitative estimate of drug-likeness (QED) is 0.819. The molecular formula is C11H20N2OS. The fraction of sp³-hybridized carbons (Fsp3) is 0.455. The molecule has 1 rings (SSSR count). The molecule has 4 heteroatoms. The molecule has 0 heterocycles. The molecule has 0 spiro atoms. The number of nitrogens with one attached hydrogen (secondary N) is 1. The topological polar surface area (TPSA) is 55.1 Å². The van der Waals surface area contributed by atoms with Crippen molar-refractivity contribution in [2.75, 3.05) is 13.6 Å². The molecule has 3 nitrogen and oxygen atoms in total. The number of hydrogen-bond acceptors (Lipinski definition) is 2. The van der Waals surface area contributed by atoms with Crippen molar-refractivity contribution in [3.8, 4) is 0 Å². The van der Waals surface area contributed by atoms with Crippen LogP contribution in [-0.4, -0.2) is 17.8 Å². The van der Waals surface area contributed by atoms with E-state index < -0.39 is 11.0 Å². The van der Waals surface area contributed by atoms with Gasteiger partial charge in [0.05, 0.1) is 4.90 Å². The van der Waals surface area contributed by atoms with Crippen LogP contribution in [0, 0.1) is 0 Å². The fourth-order valence-corrected chi connectivity index (χ4v) is 1.46. The summed E-state index contributed by atoms with van der Waals surface area (Å²) in [6.45, 7) is 4.95. The van der Waals surface area contributed by atoms with E-state index in [1.54, 1.807) is 12.1 Å². The number of nitrogens with two attached hydrogens (primary N) is 1. The lowest BCUT2D eigenvalue weighted by Crippen LogP contribution is -2.10. The fourth-order valence-electron chi connectivity index (χ4n) is 1.06. The van der Waals surface area contributed by atoms with E-state index in [4.69, 9.17) is 5.14 Å². The average molecular weight is 228 g/mol. The number of likely N-dealkylation sites (N-methyl/N-ethyl adjacent to an activating group) is 1. The highest BCUT2D eigenvalue weighted by atomic mass is 32.2. The first kappa shape index (κ1) is 14.3. The van der Waals surface area contributed by atoms with Gasteiger partial charge >= 0.3 is 0 Å². The van der Waals surface area contributed by atoms with Crippen molar-refractivity contribution in [2.24, 2.45) is 5.14 Å². The molecule has 0 saturated carbocycles. The highest BCUT2D eigenvalue weighted by Gasteiger charge is 1.97. The second-order valence-electron chi connectivity index (χ2n) is 2.79. The lowest BCUT2D eigenvalue weighted by Gasteiger charge is -2.01. The van der Waals surface area contributed by atoms with Crippen LogP contribution < -0.4 is 10.5 Å². The Morgan fingerprint density at radius 3 is 2.20 bits per heavy atom. The molecule has 0 bridgehead atoms. The van der Waals surface area contributed by atoms with Gasteiger partial charge in [0.2, 0.25) is 0 Å². The van der Waals surface area contributed by atoms with Gasteiger partial charge in [0.25, 0.3) is 0 Å². The molecule has 3 N–H and O–H groups in total. The highest BCUT2D eigenvalue weighted by Crippen LogP contribution is 2.06. The van der Waals surface area contributed by atoms with Crippen LogP contribution in [0.2, 0.25) is 0 Å². The zero-order valence-corrected chi connectivity index (χ0v) is 10.4. The van der Waals surface area contributed by atoms with Gasteiger partial charge in [-0.1, -0.05) is 26.0 Å². The number of benzene rings is 1. The minimum atomic E-state index is -1.36. The molecule has 1 aromatic carbocycles. The molecule has 0 aliphatic rings. The van der Waals surface area contributed by atoms with Gasteiger partial charge in [-0.05, 0) is 37.7 Å². The summed E-state index contributed by atoms with van der Waals surface area (Å²) in [7, 11) is 0.561. The Morgan fingerprint density at radius 1 is 1.27 bits per heavy atom. The summed E-state index contributed by atoms with van der Waals surface area (Å²) in [5.41, 5.74) is 1.23. The monoisotopic (exact) mass is 228 g/mol. The molecule has 1 aromatic rings. The van der Waals surface area contributed by atoms with Crippen LogP contribution in [0.1, 0.15) is 19.4 Å². The second-order valence-corrected chi connectivity index (χ2v) is 3.86. The molecule has 0 amide bonds. The summed E-state index contributed by atoms with van der Waals surface area (Å²) < 4.78 is 10.8. The smallest absolute Gasteiger partial charge is 0.122 e. The van der Waals surface area contributed by atoms with Gasteiger partial charge in [-0.25, -0.2) is 9.35 Å². The summed E-state index contributed by atoms with van der Waals surface area (Å²) in [4.78, 5) is 0.674. The Hall–Kier alpha value is -0.710. The molecule has 1 unspecified atom stereocenters. The number of hydrogen-bond donors (Lipinski definition) is 2. The molecule has 1 atom stereocenters. The van der Waals surface area contributed by atoms with Gasteiger partial charge in [0, 0.05) is 0 Å². The van der Waals surface area contributed by atoms with E-state index in [9.17, 15) is 4.21 Å². The van der Waals surface area contributed by atoms with Crippen molar-refractivity contribution in [3.05, 3.63) is 29.8 Å². The van der Waals surface area contributed by atoms with E-state index in [0.717, 1.165) is 13.0 Å². The lowest BCUT2D eigenvalue weighted by atomic mass is 10.1. The summed E-state index contributed by atoms with van der Waals surface area (Å²) >= 11 is 0. The molecule has 0 radical (unpaired) electrons. The van der Waals surface area contributed by atoms with Crippen molar-refractivity contribution in [3.63, 3.8) is 0 Å². The first-order valence-electron chi connectivity index (χ1n) is 5.13. The minimum absolute atomic E-state index is 0.674. The maximum absolute atomic E-state index is 10.8. The maximum atomic E-state index is 10.8. The van der Waals surface area contributed by atoms with Crippen LogP contribution in [-0.2, 0) is 17.4 Å². The van der Waals surface area contributed by atoms with Crippen molar-refractivity contribution >= 4 is 11.0 Å². The van der Waals surface area contributed by atoms with Crippen molar-refractivity contribution in [1.29, 1.82) is 0 Å². The van der Waals surface area contributed by atoms with Gasteiger partial charge in [-0.15, -0.1) is 0 Å². The van der Waals surface area contributed by atoms with E-state index >= 15 is 0 Å². The van der Waals surface area contributed by atoms with Gasteiger partial charge in [-0.3, -0.25) is 0 Å². The van der Waals surface area contributed by atoms with Crippen molar-refractivity contribution in [2.45, 2.75) is 25.2 Å². The molecule has 86 valence electrons. The Bertz CT molecular complexity index is 285. The van der Waals surface area contributed by atoms with Crippen molar-refractivity contribution in [1.82, 2.24) is 5.32 Å². The maximum Gasteiger partial charge on any atom is 0.122 e. The molecule has 0 aromatic heterocycles. The summed E-state index contributed by atoms with van der Waals surface area (Å²) in [6.07, 6.45) is 0.980. The first-order chi connectivity index (χ1) is 7.24. The van der Waals surface area contributed by atoms with E-state index in [1.807, 2.05) is 33.0 Å². The Kier molecular flexibility index (Phi) is 8.18. The van der Waals surface area contributed by atoms with Crippen LogP contribution in [0.25, 0.3) is 0 Å². The third kappa shape index (κ3) is 5.67. The third-order valence-electron chi connectivity index (χ3n) is 1.82. The molecule has 0 aliphatic carbocycles. The predicted octanol–water partition coefficient (Wildman–Crippen LogP) is 1.46. The van der Waals surface area contributed by atoms with Crippen LogP contribution in [0.3, 0.4) is 0 Å². The second kappa shape index (κ2) is 8.59. The highest BCUT2D eigenvalue weighted by molar-refractivity contribution is 7.82. The largest absolute Gasteiger partial charge is 0.319 e. The Balaban J connectivity index is 0.000000921. The summed E-state index contributed by atoms with van der Waals surface area (Å²) in [5.74, 6) is 0. The van der Waals surface area contributed by atoms with Gasteiger partial charge in [0.1, 0.15) is 11.0 Å². The predicted molar refractivity (Wildman–Crippen MR) is 66.0 cm³/mol.